The maximum atomic E-state index is 10.4. The lowest BCUT2D eigenvalue weighted by molar-refractivity contribution is 0.739. The van der Waals surface area contributed by atoms with Crippen molar-refractivity contribution < 1.29 is 0 Å². The summed E-state index contributed by atoms with van der Waals surface area (Å²) in [5, 5.41) is 99.6. The highest BCUT2D eigenvalue weighted by molar-refractivity contribution is 6.17. The lowest BCUT2D eigenvalue weighted by Gasteiger charge is -2.21. The second kappa shape index (κ2) is 11.6. The van der Waals surface area contributed by atoms with E-state index in [9.17, 15) is 52.6 Å². The van der Waals surface area contributed by atoms with Gasteiger partial charge in [0, 0.05) is 17.1 Å². The normalized spacial score (nSPS) is 15.4. The fraction of sp³-hybridized carbons (Fsp3) is 0.0556. The molecule has 10 heteroatoms. The molecular weight excluding hydrogens is 572 g/mol. The Bertz CT molecular complexity index is 2430. The van der Waals surface area contributed by atoms with Crippen molar-refractivity contribution in [3.63, 3.8) is 0 Å². The van der Waals surface area contributed by atoms with Crippen LogP contribution in [0, 0.1) is 113 Å². The van der Waals surface area contributed by atoms with E-state index in [0.29, 0.717) is 5.56 Å². The molecule has 10 nitrogen and oxygen atoms in total. The highest BCUT2D eigenvalue weighted by Crippen LogP contribution is 2.53. The van der Waals surface area contributed by atoms with Gasteiger partial charge in [-0.05, 0) is 76.3 Å². The van der Waals surface area contributed by atoms with Crippen LogP contribution in [0.4, 0.5) is 0 Å². The maximum absolute atomic E-state index is 10.4. The van der Waals surface area contributed by atoms with Crippen LogP contribution in [0.15, 0.2) is 59.7 Å². The predicted octanol–water partition coefficient (Wildman–Crippen LogP) is 5.63. The van der Waals surface area contributed by atoms with Gasteiger partial charge in [0.2, 0.25) is 0 Å². The van der Waals surface area contributed by atoms with E-state index >= 15 is 0 Å². The van der Waals surface area contributed by atoms with Crippen molar-refractivity contribution in [2.24, 2.45) is 0 Å². The molecule has 0 spiro atoms. The van der Waals surface area contributed by atoms with Gasteiger partial charge in [-0.15, -0.1) is 0 Å². The minimum absolute atomic E-state index is 0.0389. The van der Waals surface area contributed by atoms with Crippen LogP contribution in [0.25, 0.3) is 22.3 Å². The second-order valence-electron chi connectivity index (χ2n) is 10.0. The van der Waals surface area contributed by atoms with Gasteiger partial charge in [-0.25, -0.2) is 0 Å². The molecular formula is C36H10N10. The number of benzene rings is 3. The average Bonchev–Trinajstić information content (AvgIpc) is 3.57. The maximum Gasteiger partial charge on any atom is 0.101 e. The van der Waals surface area contributed by atoms with Crippen LogP contribution in [0.3, 0.4) is 0 Å². The Hall–Kier alpha value is -8.22. The van der Waals surface area contributed by atoms with Gasteiger partial charge in [-0.3, -0.25) is 0 Å². The Morgan fingerprint density at radius 1 is 0.500 bits per heavy atom. The van der Waals surface area contributed by atoms with Crippen LogP contribution in [-0.2, 0) is 0 Å². The van der Waals surface area contributed by atoms with Gasteiger partial charge in [-0.2, -0.15) is 52.6 Å². The number of nitrogens with zero attached hydrogens (tertiary/aromatic N) is 10. The van der Waals surface area contributed by atoms with E-state index in [-0.39, 0.29) is 83.5 Å². The highest BCUT2D eigenvalue weighted by atomic mass is 14.5. The minimum Gasteiger partial charge on any atom is -0.198 e. The number of allylic oxidation sites excluding steroid dienone is 6. The molecule has 0 aromatic heterocycles. The number of rotatable bonds is 3. The Labute approximate surface area is 262 Å². The number of nitriles is 10. The largest absolute Gasteiger partial charge is 0.198 e. The predicted molar refractivity (Wildman–Crippen MR) is 158 cm³/mol. The lowest BCUT2D eigenvalue weighted by Crippen LogP contribution is -2.11. The first-order valence-corrected chi connectivity index (χ1v) is 13.1. The first-order chi connectivity index (χ1) is 22.4. The van der Waals surface area contributed by atoms with Crippen LogP contribution in [0.2, 0.25) is 0 Å². The number of hydrogen-bond acceptors (Lipinski definition) is 10. The molecule has 0 aliphatic heterocycles. The monoisotopic (exact) mass is 582 g/mol. The van der Waals surface area contributed by atoms with E-state index in [1.807, 2.05) is 48.6 Å². The zero-order chi connectivity index (χ0) is 33.1. The molecule has 0 N–H and O–H groups in total. The summed E-state index contributed by atoms with van der Waals surface area (Å²) in [5.41, 5.74) is 1.51. The van der Waals surface area contributed by atoms with E-state index in [1.165, 1.54) is 48.5 Å². The molecule has 5 rings (SSSR count). The van der Waals surface area contributed by atoms with Gasteiger partial charge in [0.05, 0.1) is 92.5 Å². The van der Waals surface area contributed by atoms with Crippen LogP contribution in [0.1, 0.15) is 67.5 Å². The molecule has 3 aromatic carbocycles. The third kappa shape index (κ3) is 4.35. The summed E-state index contributed by atoms with van der Waals surface area (Å²) in [5.74, 6) is -2.20. The van der Waals surface area contributed by atoms with Gasteiger partial charge >= 0.3 is 0 Å². The van der Waals surface area contributed by atoms with E-state index in [4.69, 9.17) is 0 Å². The van der Waals surface area contributed by atoms with Crippen molar-refractivity contribution in [1.29, 1.82) is 52.6 Å². The molecule has 2 unspecified atom stereocenters. The molecule has 46 heavy (non-hydrogen) atoms. The molecule has 2 atom stereocenters. The van der Waals surface area contributed by atoms with Gasteiger partial charge in [0.15, 0.2) is 0 Å². The molecule has 0 radical (unpaired) electrons. The summed E-state index contributed by atoms with van der Waals surface area (Å²) in [7, 11) is 0. The number of hydrogen-bond donors (Lipinski definition) is 0. The summed E-state index contributed by atoms with van der Waals surface area (Å²) < 4.78 is 0. The molecule has 3 aromatic rings. The highest BCUT2D eigenvalue weighted by Gasteiger charge is 2.41. The quantitative estimate of drug-likeness (QED) is 0.345. The SMILES string of the molecule is N#CC1=C(C#N)c2cc3c(cc2/C1=C(/C#N)c1cc(C#N)cc(C#N)c1)C(C(C#N)c1cc(C#N)cc(C#N)c1)C(C#N)=C3C#N. The third-order valence-corrected chi connectivity index (χ3v) is 7.76. The third-order valence-electron chi connectivity index (χ3n) is 7.76. The summed E-state index contributed by atoms with van der Waals surface area (Å²) in [4.78, 5) is 0. The topological polar surface area (TPSA) is 238 Å². The summed E-state index contributed by atoms with van der Waals surface area (Å²) in [6.07, 6.45) is 0. The van der Waals surface area contributed by atoms with Crippen molar-refractivity contribution in [3.8, 4) is 60.7 Å². The summed E-state index contributed by atoms with van der Waals surface area (Å²) >= 11 is 0. The van der Waals surface area contributed by atoms with Crippen molar-refractivity contribution in [1.82, 2.24) is 0 Å². The first kappa shape index (κ1) is 29.3. The van der Waals surface area contributed by atoms with Crippen LogP contribution >= 0.6 is 0 Å². The standard InChI is InChI=1S/C36H10N10/c37-9-19-1-20(10-38)4-23(3-19)29(13-41)35-27-8-28-26(7-25(27)31(15-43)33(35)17-45)32(16-44)34(18-46)36(28)30(14-42)24-5-21(11-39)2-22(6-24)12-40/h1-8,29,35H/b36-30+. The lowest BCUT2D eigenvalue weighted by atomic mass is 9.78. The second-order valence-corrected chi connectivity index (χ2v) is 10.0. The molecule has 204 valence electrons. The molecule has 0 amide bonds. The Morgan fingerprint density at radius 2 is 1.04 bits per heavy atom. The smallest absolute Gasteiger partial charge is 0.101 e. The van der Waals surface area contributed by atoms with Gasteiger partial charge in [-0.1, -0.05) is 0 Å². The zero-order valence-electron chi connectivity index (χ0n) is 23.2. The van der Waals surface area contributed by atoms with Gasteiger partial charge in [0.25, 0.3) is 0 Å². The van der Waals surface area contributed by atoms with Crippen molar-refractivity contribution >= 4 is 22.3 Å². The van der Waals surface area contributed by atoms with Crippen LogP contribution < -0.4 is 0 Å². The molecule has 0 saturated carbocycles. The van der Waals surface area contributed by atoms with Gasteiger partial charge in [0.1, 0.15) is 24.3 Å². The van der Waals surface area contributed by atoms with Crippen LogP contribution in [-0.4, -0.2) is 0 Å². The Morgan fingerprint density at radius 3 is 1.50 bits per heavy atom. The number of fused-ring (bicyclic) bond motifs is 2. The molecule has 0 heterocycles. The zero-order valence-corrected chi connectivity index (χ0v) is 23.2. The van der Waals surface area contributed by atoms with E-state index in [1.54, 1.807) is 0 Å². The fourth-order valence-electron chi connectivity index (χ4n) is 5.90. The minimum atomic E-state index is -1.15. The fourth-order valence-corrected chi connectivity index (χ4v) is 5.90. The summed E-state index contributed by atoms with van der Waals surface area (Å²) in [6.45, 7) is 0. The summed E-state index contributed by atoms with van der Waals surface area (Å²) in [6, 6.07) is 31.4. The first-order valence-electron chi connectivity index (χ1n) is 13.1. The van der Waals surface area contributed by atoms with E-state index < -0.39 is 11.8 Å². The van der Waals surface area contributed by atoms with Crippen molar-refractivity contribution in [2.75, 3.05) is 0 Å². The Balaban J connectivity index is 1.88. The molecule has 2 aliphatic rings. The Kier molecular flexibility index (Phi) is 7.37. The molecule has 0 bridgehead atoms. The van der Waals surface area contributed by atoms with Gasteiger partial charge < -0.3 is 0 Å². The van der Waals surface area contributed by atoms with Crippen LogP contribution in [0.5, 0.6) is 0 Å². The molecule has 0 saturated heterocycles. The van der Waals surface area contributed by atoms with E-state index in [0.717, 1.165) is 0 Å². The van der Waals surface area contributed by atoms with Crippen molar-refractivity contribution in [2.45, 2.75) is 11.8 Å². The molecule has 2 aliphatic carbocycles. The molecule has 0 fully saturated rings. The van der Waals surface area contributed by atoms with Crippen molar-refractivity contribution in [3.05, 3.63) is 115 Å². The average molecular weight is 583 g/mol. The van der Waals surface area contributed by atoms with E-state index in [2.05, 4.69) is 12.1 Å².